The van der Waals surface area contributed by atoms with Crippen molar-refractivity contribution in [2.75, 3.05) is 31.1 Å². The predicted molar refractivity (Wildman–Crippen MR) is 101 cm³/mol. The maximum absolute atomic E-state index is 13.1. The predicted octanol–water partition coefficient (Wildman–Crippen LogP) is 2.41. The van der Waals surface area contributed by atoms with Crippen LogP contribution < -0.4 is 4.90 Å². The van der Waals surface area contributed by atoms with Crippen LogP contribution in [0.3, 0.4) is 0 Å². The molecule has 2 heterocycles. The molecule has 2 aromatic rings. The SMILES string of the molecule is O=C1C[C@@H](N2CCN(c3ccc(F)cc3)CC2)C(=O)N1Cc1ccc(F)cc1. The van der Waals surface area contributed by atoms with Gasteiger partial charge in [0.1, 0.15) is 11.6 Å². The smallest absolute Gasteiger partial charge is 0.247 e. The van der Waals surface area contributed by atoms with Gasteiger partial charge in [-0.05, 0) is 42.0 Å². The average Bonchev–Trinajstić information content (AvgIpc) is 2.99. The molecule has 1 atom stereocenters. The molecule has 2 aromatic carbocycles. The fourth-order valence-electron chi connectivity index (χ4n) is 3.83. The highest BCUT2D eigenvalue weighted by atomic mass is 19.1. The van der Waals surface area contributed by atoms with Crippen LogP contribution in [-0.4, -0.2) is 53.8 Å². The van der Waals surface area contributed by atoms with E-state index in [-0.39, 0.29) is 36.4 Å². The number of piperazine rings is 1. The molecule has 2 fully saturated rings. The van der Waals surface area contributed by atoms with Gasteiger partial charge in [-0.15, -0.1) is 0 Å². The molecule has 0 aromatic heterocycles. The molecule has 0 unspecified atom stereocenters. The summed E-state index contributed by atoms with van der Waals surface area (Å²) >= 11 is 0. The molecule has 0 spiro atoms. The summed E-state index contributed by atoms with van der Waals surface area (Å²) in [4.78, 5) is 30.7. The Bertz CT molecular complexity index is 862. The molecule has 2 aliphatic rings. The summed E-state index contributed by atoms with van der Waals surface area (Å²) in [5.41, 5.74) is 1.68. The van der Waals surface area contributed by atoms with E-state index in [0.717, 1.165) is 11.3 Å². The highest BCUT2D eigenvalue weighted by Crippen LogP contribution is 2.24. The van der Waals surface area contributed by atoms with E-state index in [4.69, 9.17) is 0 Å². The fourth-order valence-corrected chi connectivity index (χ4v) is 3.83. The number of imide groups is 1. The van der Waals surface area contributed by atoms with Crippen LogP contribution in [0.1, 0.15) is 12.0 Å². The van der Waals surface area contributed by atoms with Crippen molar-refractivity contribution in [2.45, 2.75) is 19.0 Å². The lowest BCUT2D eigenvalue weighted by molar-refractivity contribution is -0.140. The van der Waals surface area contributed by atoms with Gasteiger partial charge < -0.3 is 4.90 Å². The highest BCUT2D eigenvalue weighted by Gasteiger charge is 2.42. The van der Waals surface area contributed by atoms with Crippen molar-refractivity contribution in [3.05, 3.63) is 65.7 Å². The van der Waals surface area contributed by atoms with Crippen LogP contribution >= 0.6 is 0 Å². The lowest BCUT2D eigenvalue weighted by Crippen LogP contribution is -2.52. The monoisotopic (exact) mass is 385 g/mol. The minimum Gasteiger partial charge on any atom is -0.369 e. The number of rotatable bonds is 4. The molecular formula is C21H21F2N3O2. The van der Waals surface area contributed by atoms with E-state index < -0.39 is 6.04 Å². The Hall–Kier alpha value is -2.80. The molecule has 5 nitrogen and oxygen atoms in total. The lowest BCUT2D eigenvalue weighted by Gasteiger charge is -2.38. The number of carbonyl (C=O) groups is 2. The van der Waals surface area contributed by atoms with Gasteiger partial charge in [0.15, 0.2) is 0 Å². The van der Waals surface area contributed by atoms with E-state index in [9.17, 15) is 18.4 Å². The number of hydrogen-bond acceptors (Lipinski definition) is 4. The molecule has 0 saturated carbocycles. The zero-order chi connectivity index (χ0) is 19.7. The number of carbonyl (C=O) groups excluding carboxylic acids is 2. The molecule has 2 saturated heterocycles. The molecule has 7 heteroatoms. The molecule has 146 valence electrons. The zero-order valence-electron chi connectivity index (χ0n) is 15.4. The minimum absolute atomic E-state index is 0.171. The molecule has 0 aliphatic carbocycles. The zero-order valence-corrected chi connectivity index (χ0v) is 15.4. The number of nitrogens with zero attached hydrogens (tertiary/aromatic N) is 3. The van der Waals surface area contributed by atoms with E-state index in [1.54, 1.807) is 24.3 Å². The third kappa shape index (κ3) is 3.75. The molecule has 0 bridgehead atoms. The molecule has 0 N–H and O–H groups in total. The summed E-state index contributed by atoms with van der Waals surface area (Å²) in [7, 11) is 0. The van der Waals surface area contributed by atoms with Crippen LogP contribution in [0.5, 0.6) is 0 Å². The van der Waals surface area contributed by atoms with Gasteiger partial charge in [0.25, 0.3) is 0 Å². The third-order valence-electron chi connectivity index (χ3n) is 5.42. The van der Waals surface area contributed by atoms with Crippen LogP contribution in [0.25, 0.3) is 0 Å². The lowest BCUT2D eigenvalue weighted by atomic mass is 10.1. The first kappa shape index (κ1) is 18.6. The van der Waals surface area contributed by atoms with Crippen molar-refractivity contribution < 1.29 is 18.4 Å². The van der Waals surface area contributed by atoms with E-state index in [2.05, 4.69) is 4.90 Å². The number of amides is 2. The normalized spacial score (nSPS) is 20.9. The van der Waals surface area contributed by atoms with Crippen molar-refractivity contribution in [3.63, 3.8) is 0 Å². The van der Waals surface area contributed by atoms with Crippen LogP contribution in [0.4, 0.5) is 14.5 Å². The van der Waals surface area contributed by atoms with Gasteiger partial charge in [-0.3, -0.25) is 19.4 Å². The maximum Gasteiger partial charge on any atom is 0.247 e. The molecule has 28 heavy (non-hydrogen) atoms. The van der Waals surface area contributed by atoms with Gasteiger partial charge in [0.2, 0.25) is 11.8 Å². The third-order valence-corrected chi connectivity index (χ3v) is 5.42. The van der Waals surface area contributed by atoms with Crippen LogP contribution in [0, 0.1) is 11.6 Å². The summed E-state index contributed by atoms with van der Waals surface area (Å²) < 4.78 is 26.1. The Kier molecular flexibility index (Phi) is 5.09. The minimum atomic E-state index is -0.441. The van der Waals surface area contributed by atoms with E-state index in [0.29, 0.717) is 26.2 Å². The Labute approximate surface area is 162 Å². The van der Waals surface area contributed by atoms with Gasteiger partial charge in [-0.2, -0.15) is 0 Å². The summed E-state index contributed by atoms with van der Waals surface area (Å²) in [6, 6.07) is 11.8. The van der Waals surface area contributed by atoms with Crippen LogP contribution in [0.2, 0.25) is 0 Å². The maximum atomic E-state index is 13.1. The van der Waals surface area contributed by atoms with Gasteiger partial charge in [0.05, 0.1) is 19.0 Å². The Morgan fingerprint density at radius 3 is 2.00 bits per heavy atom. The molecule has 4 rings (SSSR count). The second-order valence-electron chi connectivity index (χ2n) is 7.16. The number of halogens is 2. The Balaban J connectivity index is 1.37. The van der Waals surface area contributed by atoms with E-state index in [1.807, 2.05) is 4.90 Å². The Morgan fingerprint density at radius 2 is 1.39 bits per heavy atom. The standard InChI is InChI=1S/C21H21F2N3O2/c22-16-3-1-15(2-4-16)14-26-20(27)13-19(21(26)28)25-11-9-24(10-12-25)18-7-5-17(23)6-8-18/h1-8,19H,9-14H2/t19-/m1/s1. The number of likely N-dealkylation sites (tertiary alicyclic amines) is 1. The molecular weight excluding hydrogens is 364 g/mol. The summed E-state index contributed by atoms with van der Waals surface area (Å²) in [6.45, 7) is 2.91. The van der Waals surface area contributed by atoms with Crippen molar-refractivity contribution in [3.8, 4) is 0 Å². The van der Waals surface area contributed by atoms with Crippen molar-refractivity contribution in [1.29, 1.82) is 0 Å². The second kappa shape index (κ2) is 7.67. The summed E-state index contributed by atoms with van der Waals surface area (Å²) in [5.74, 6) is -0.997. The van der Waals surface area contributed by atoms with Crippen LogP contribution in [-0.2, 0) is 16.1 Å². The van der Waals surface area contributed by atoms with Crippen molar-refractivity contribution in [1.82, 2.24) is 9.80 Å². The number of hydrogen-bond donors (Lipinski definition) is 0. The van der Waals surface area contributed by atoms with Gasteiger partial charge >= 0.3 is 0 Å². The first-order chi connectivity index (χ1) is 13.5. The Morgan fingerprint density at radius 1 is 0.821 bits per heavy atom. The number of benzene rings is 2. The quantitative estimate of drug-likeness (QED) is 0.759. The first-order valence-corrected chi connectivity index (χ1v) is 9.34. The van der Waals surface area contributed by atoms with Gasteiger partial charge in [-0.1, -0.05) is 12.1 Å². The highest BCUT2D eigenvalue weighted by molar-refractivity contribution is 6.05. The first-order valence-electron chi connectivity index (χ1n) is 9.34. The number of anilines is 1. The summed E-state index contributed by atoms with van der Waals surface area (Å²) in [6.07, 6.45) is 0.177. The fraction of sp³-hybridized carbons (Fsp3) is 0.333. The molecule has 2 aliphatic heterocycles. The topological polar surface area (TPSA) is 43.9 Å². The summed E-state index contributed by atoms with van der Waals surface area (Å²) in [5, 5.41) is 0. The van der Waals surface area contributed by atoms with Gasteiger partial charge in [-0.25, -0.2) is 8.78 Å². The second-order valence-corrected chi connectivity index (χ2v) is 7.16. The van der Waals surface area contributed by atoms with Crippen LogP contribution in [0.15, 0.2) is 48.5 Å². The molecule has 2 amide bonds. The molecule has 0 radical (unpaired) electrons. The van der Waals surface area contributed by atoms with Crippen molar-refractivity contribution >= 4 is 17.5 Å². The van der Waals surface area contributed by atoms with Gasteiger partial charge in [0, 0.05) is 31.9 Å². The van der Waals surface area contributed by atoms with Crippen molar-refractivity contribution in [2.24, 2.45) is 0 Å². The van der Waals surface area contributed by atoms with E-state index in [1.165, 1.54) is 29.2 Å². The van der Waals surface area contributed by atoms with E-state index >= 15 is 0 Å². The largest absolute Gasteiger partial charge is 0.369 e. The average molecular weight is 385 g/mol.